The van der Waals surface area contributed by atoms with Gasteiger partial charge in [0.1, 0.15) is 0 Å². The normalized spacial score (nSPS) is 17.4. The van der Waals surface area contributed by atoms with Crippen LogP contribution in [0.25, 0.3) is 0 Å². The van der Waals surface area contributed by atoms with Gasteiger partial charge in [0.15, 0.2) is 0 Å². The Balaban J connectivity index is 1.82. The third kappa shape index (κ3) is 3.34. The molecule has 0 aliphatic heterocycles. The topological polar surface area (TPSA) is 12.0 Å². The molecule has 1 atom stereocenters. The molecule has 1 saturated carbocycles. The summed E-state index contributed by atoms with van der Waals surface area (Å²) in [5, 5.41) is 3.46. The Labute approximate surface area is 99.3 Å². The monoisotopic (exact) mass is 217 g/mol. The summed E-state index contributed by atoms with van der Waals surface area (Å²) in [7, 11) is 2.10. The summed E-state index contributed by atoms with van der Waals surface area (Å²) in [6.45, 7) is 2.21. The van der Waals surface area contributed by atoms with Gasteiger partial charge in [-0.3, -0.25) is 0 Å². The fourth-order valence-corrected chi connectivity index (χ4v) is 2.36. The van der Waals surface area contributed by atoms with Crippen molar-refractivity contribution in [3.63, 3.8) is 0 Å². The molecule has 0 saturated heterocycles. The Bertz CT molecular complexity index is 328. The lowest BCUT2D eigenvalue weighted by Crippen LogP contribution is -2.26. The van der Waals surface area contributed by atoms with Crippen LogP contribution in [0.5, 0.6) is 0 Å². The van der Waals surface area contributed by atoms with Gasteiger partial charge in [0.2, 0.25) is 0 Å². The molecule has 1 aliphatic carbocycles. The van der Waals surface area contributed by atoms with Gasteiger partial charge < -0.3 is 5.32 Å². The van der Waals surface area contributed by atoms with Gasteiger partial charge in [-0.15, -0.1) is 0 Å². The van der Waals surface area contributed by atoms with Gasteiger partial charge in [0.05, 0.1) is 0 Å². The fraction of sp³-hybridized carbons (Fsp3) is 0.600. The number of hydrogen-bond acceptors (Lipinski definition) is 1. The predicted molar refractivity (Wildman–Crippen MR) is 69.7 cm³/mol. The van der Waals surface area contributed by atoms with Gasteiger partial charge in [0, 0.05) is 6.04 Å². The van der Waals surface area contributed by atoms with Crippen molar-refractivity contribution in [2.75, 3.05) is 7.05 Å². The Morgan fingerprint density at radius 1 is 1.31 bits per heavy atom. The van der Waals surface area contributed by atoms with Crippen LogP contribution < -0.4 is 5.32 Å². The summed E-state index contributed by atoms with van der Waals surface area (Å²) < 4.78 is 0. The second-order valence-electron chi connectivity index (χ2n) is 5.13. The van der Waals surface area contributed by atoms with Crippen LogP contribution in [-0.4, -0.2) is 13.1 Å². The molecule has 16 heavy (non-hydrogen) atoms. The van der Waals surface area contributed by atoms with Crippen LogP contribution in [0.15, 0.2) is 24.3 Å². The van der Waals surface area contributed by atoms with Crippen LogP contribution in [0.4, 0.5) is 0 Å². The molecule has 1 heteroatoms. The molecule has 1 N–H and O–H groups in total. The molecule has 0 aromatic heterocycles. The van der Waals surface area contributed by atoms with Crippen LogP contribution in [0.1, 0.15) is 36.8 Å². The number of aryl methyl sites for hydroxylation is 2. The summed E-state index contributed by atoms with van der Waals surface area (Å²) >= 11 is 0. The summed E-state index contributed by atoms with van der Waals surface area (Å²) in [5.74, 6) is 1.02. The summed E-state index contributed by atoms with van der Waals surface area (Å²) in [5.41, 5.74) is 2.95. The number of nitrogens with one attached hydrogen (secondary N) is 1. The smallest absolute Gasteiger partial charge is 0.00698 e. The molecule has 0 spiro atoms. The van der Waals surface area contributed by atoms with Crippen molar-refractivity contribution in [3.05, 3.63) is 35.4 Å². The average molecular weight is 217 g/mol. The molecule has 0 heterocycles. The molecule has 2 rings (SSSR count). The third-order valence-corrected chi connectivity index (χ3v) is 3.75. The van der Waals surface area contributed by atoms with Crippen LogP contribution in [-0.2, 0) is 6.42 Å². The van der Waals surface area contributed by atoms with E-state index >= 15 is 0 Å². The van der Waals surface area contributed by atoms with E-state index in [1.54, 1.807) is 0 Å². The molecule has 1 aliphatic rings. The minimum absolute atomic E-state index is 0.715. The summed E-state index contributed by atoms with van der Waals surface area (Å²) in [6, 6.07) is 9.46. The van der Waals surface area contributed by atoms with Crippen molar-refractivity contribution in [3.8, 4) is 0 Å². The van der Waals surface area contributed by atoms with Crippen LogP contribution >= 0.6 is 0 Å². The summed E-state index contributed by atoms with van der Waals surface area (Å²) in [6.07, 6.45) is 6.79. The maximum Gasteiger partial charge on any atom is 0.00698 e. The molecular weight excluding hydrogens is 194 g/mol. The molecule has 0 radical (unpaired) electrons. The number of rotatable bonds is 6. The van der Waals surface area contributed by atoms with E-state index in [1.165, 1.54) is 43.2 Å². The first kappa shape index (κ1) is 11.7. The second kappa shape index (κ2) is 5.49. The molecule has 0 amide bonds. The standard InChI is InChI=1S/C15H23N/c1-12-5-3-4-6-14(12)9-10-15(16-2)11-13-7-8-13/h3-6,13,15-16H,7-11H2,1-2H3. The van der Waals surface area contributed by atoms with Crippen LogP contribution in [0, 0.1) is 12.8 Å². The van der Waals surface area contributed by atoms with E-state index in [0.717, 1.165) is 5.92 Å². The van der Waals surface area contributed by atoms with Crippen molar-refractivity contribution < 1.29 is 0 Å². The minimum Gasteiger partial charge on any atom is -0.317 e. The lowest BCUT2D eigenvalue weighted by Gasteiger charge is -2.16. The van der Waals surface area contributed by atoms with E-state index in [9.17, 15) is 0 Å². The first-order valence-corrected chi connectivity index (χ1v) is 6.51. The molecule has 88 valence electrons. The number of benzene rings is 1. The van der Waals surface area contributed by atoms with Crippen molar-refractivity contribution in [2.24, 2.45) is 5.92 Å². The molecule has 1 fully saturated rings. The highest BCUT2D eigenvalue weighted by Crippen LogP contribution is 2.34. The predicted octanol–water partition coefficient (Wildman–Crippen LogP) is 3.32. The SMILES string of the molecule is CNC(CCc1ccccc1C)CC1CC1. The van der Waals surface area contributed by atoms with Gasteiger partial charge >= 0.3 is 0 Å². The van der Waals surface area contributed by atoms with Crippen LogP contribution in [0.2, 0.25) is 0 Å². The largest absolute Gasteiger partial charge is 0.317 e. The lowest BCUT2D eigenvalue weighted by atomic mass is 9.98. The number of hydrogen-bond donors (Lipinski definition) is 1. The van der Waals surface area contributed by atoms with Crippen molar-refractivity contribution >= 4 is 0 Å². The maximum atomic E-state index is 3.46. The van der Waals surface area contributed by atoms with Gasteiger partial charge in [-0.05, 0) is 50.3 Å². The lowest BCUT2D eigenvalue weighted by molar-refractivity contribution is 0.464. The van der Waals surface area contributed by atoms with Crippen molar-refractivity contribution in [2.45, 2.75) is 45.1 Å². The van der Waals surface area contributed by atoms with E-state index in [-0.39, 0.29) is 0 Å². The second-order valence-corrected chi connectivity index (χ2v) is 5.13. The van der Waals surface area contributed by atoms with E-state index < -0.39 is 0 Å². The highest BCUT2D eigenvalue weighted by atomic mass is 14.9. The fourth-order valence-electron chi connectivity index (χ4n) is 2.36. The molecule has 1 aromatic carbocycles. The maximum absolute atomic E-state index is 3.46. The average Bonchev–Trinajstić information content (AvgIpc) is 3.10. The summed E-state index contributed by atoms with van der Waals surface area (Å²) in [4.78, 5) is 0. The van der Waals surface area contributed by atoms with Crippen molar-refractivity contribution in [1.82, 2.24) is 5.32 Å². The highest BCUT2D eigenvalue weighted by Gasteiger charge is 2.24. The molecule has 0 bridgehead atoms. The van der Waals surface area contributed by atoms with Gasteiger partial charge in [-0.2, -0.15) is 0 Å². The molecule has 1 unspecified atom stereocenters. The molecule has 1 nitrogen and oxygen atoms in total. The van der Waals surface area contributed by atoms with Crippen LogP contribution in [0.3, 0.4) is 0 Å². The molecular formula is C15H23N. The van der Waals surface area contributed by atoms with E-state index in [0.29, 0.717) is 6.04 Å². The minimum atomic E-state index is 0.715. The van der Waals surface area contributed by atoms with E-state index in [4.69, 9.17) is 0 Å². The zero-order valence-corrected chi connectivity index (χ0v) is 10.5. The Morgan fingerprint density at radius 3 is 2.69 bits per heavy atom. The highest BCUT2D eigenvalue weighted by molar-refractivity contribution is 5.25. The quantitative estimate of drug-likeness (QED) is 0.771. The van der Waals surface area contributed by atoms with Gasteiger partial charge in [0.25, 0.3) is 0 Å². The first-order chi connectivity index (χ1) is 7.79. The van der Waals surface area contributed by atoms with E-state index in [2.05, 4.69) is 43.6 Å². The van der Waals surface area contributed by atoms with Gasteiger partial charge in [-0.25, -0.2) is 0 Å². The van der Waals surface area contributed by atoms with Gasteiger partial charge in [-0.1, -0.05) is 37.1 Å². The first-order valence-electron chi connectivity index (χ1n) is 6.51. The zero-order valence-electron chi connectivity index (χ0n) is 10.5. The Morgan fingerprint density at radius 2 is 2.06 bits per heavy atom. The molecule has 1 aromatic rings. The Hall–Kier alpha value is -0.820. The van der Waals surface area contributed by atoms with E-state index in [1.807, 2.05) is 0 Å². The van der Waals surface area contributed by atoms with Crippen molar-refractivity contribution in [1.29, 1.82) is 0 Å². The third-order valence-electron chi connectivity index (χ3n) is 3.75. The zero-order chi connectivity index (χ0) is 11.4. The Kier molecular flexibility index (Phi) is 4.00.